The summed E-state index contributed by atoms with van der Waals surface area (Å²) in [6, 6.07) is 10.6. The Morgan fingerprint density at radius 2 is 1.86 bits per heavy atom. The summed E-state index contributed by atoms with van der Waals surface area (Å²) in [7, 11) is 0. The van der Waals surface area contributed by atoms with E-state index in [4.69, 9.17) is 5.26 Å². The van der Waals surface area contributed by atoms with Gasteiger partial charge in [-0.1, -0.05) is 18.2 Å². The number of nitrogens with one attached hydrogen (secondary N) is 1. The minimum absolute atomic E-state index is 0.285. The Balaban J connectivity index is 2.36. The molecular formula is C15H8F3N3. The fraction of sp³-hybridized carbons (Fsp3) is 0.0667. The summed E-state index contributed by atoms with van der Waals surface area (Å²) in [5.41, 5.74) is 0.622. The molecule has 2 aromatic carbocycles. The maximum atomic E-state index is 13.0. The normalized spacial score (nSPS) is 11.5. The van der Waals surface area contributed by atoms with Crippen molar-refractivity contribution in [3.8, 4) is 17.2 Å². The van der Waals surface area contributed by atoms with Crippen LogP contribution >= 0.6 is 0 Å². The van der Waals surface area contributed by atoms with Gasteiger partial charge in [-0.05, 0) is 23.8 Å². The molecular weight excluding hydrogens is 279 g/mol. The van der Waals surface area contributed by atoms with Gasteiger partial charge in [0.2, 0.25) is 0 Å². The first kappa shape index (κ1) is 13.2. The van der Waals surface area contributed by atoms with Crippen molar-refractivity contribution in [3.05, 3.63) is 53.7 Å². The Morgan fingerprint density at radius 3 is 2.57 bits per heavy atom. The van der Waals surface area contributed by atoms with Gasteiger partial charge in [-0.25, -0.2) is 0 Å². The number of H-pyrrole nitrogens is 1. The zero-order chi connectivity index (χ0) is 15.0. The lowest BCUT2D eigenvalue weighted by Gasteiger charge is -2.11. The summed E-state index contributed by atoms with van der Waals surface area (Å²) >= 11 is 0. The molecule has 6 heteroatoms. The third-order valence-corrected chi connectivity index (χ3v) is 3.22. The number of aromatic amines is 1. The van der Waals surface area contributed by atoms with Gasteiger partial charge >= 0.3 is 6.18 Å². The fourth-order valence-corrected chi connectivity index (χ4v) is 2.25. The molecule has 3 rings (SSSR count). The maximum absolute atomic E-state index is 13.0. The largest absolute Gasteiger partial charge is 0.416 e. The Hall–Kier alpha value is -2.81. The Kier molecular flexibility index (Phi) is 2.91. The molecule has 0 aliphatic carbocycles. The van der Waals surface area contributed by atoms with Crippen molar-refractivity contribution in [3.63, 3.8) is 0 Å². The second-order valence-electron chi connectivity index (χ2n) is 4.51. The molecule has 3 aromatic rings. The van der Waals surface area contributed by atoms with Crippen molar-refractivity contribution in [2.24, 2.45) is 0 Å². The van der Waals surface area contributed by atoms with Gasteiger partial charge in [0, 0.05) is 10.9 Å². The SMILES string of the molecule is N#Cc1ccccc1-c1cc(C(F)(F)F)cc2[nH]ncc12. The summed E-state index contributed by atoms with van der Waals surface area (Å²) in [5, 5.41) is 16.0. The number of aromatic nitrogens is 2. The van der Waals surface area contributed by atoms with Crippen LogP contribution in [0.3, 0.4) is 0 Å². The molecule has 3 nitrogen and oxygen atoms in total. The van der Waals surface area contributed by atoms with E-state index in [1.54, 1.807) is 24.3 Å². The third-order valence-electron chi connectivity index (χ3n) is 3.22. The van der Waals surface area contributed by atoms with E-state index in [0.717, 1.165) is 12.1 Å². The molecule has 1 N–H and O–H groups in total. The molecule has 0 spiro atoms. The molecule has 1 aromatic heterocycles. The molecule has 0 atom stereocenters. The van der Waals surface area contributed by atoms with Crippen molar-refractivity contribution in [2.75, 3.05) is 0 Å². The van der Waals surface area contributed by atoms with Crippen LogP contribution in [0.4, 0.5) is 13.2 Å². The highest BCUT2D eigenvalue weighted by molar-refractivity contribution is 5.96. The second kappa shape index (κ2) is 4.63. The standard InChI is InChI=1S/C15H8F3N3/c16-15(17,18)10-5-12(13-8-20-21-14(13)6-10)11-4-2-1-3-9(11)7-19/h1-6,8H,(H,20,21). The lowest BCUT2D eigenvalue weighted by Crippen LogP contribution is -2.05. The topological polar surface area (TPSA) is 52.5 Å². The molecule has 0 saturated heterocycles. The predicted molar refractivity (Wildman–Crippen MR) is 71.2 cm³/mol. The molecule has 0 bridgehead atoms. The summed E-state index contributed by atoms with van der Waals surface area (Å²) < 4.78 is 39.0. The highest BCUT2D eigenvalue weighted by Gasteiger charge is 2.32. The van der Waals surface area contributed by atoms with Crippen LogP contribution in [-0.4, -0.2) is 10.2 Å². The van der Waals surface area contributed by atoms with Gasteiger partial charge in [0.25, 0.3) is 0 Å². The molecule has 0 amide bonds. The van der Waals surface area contributed by atoms with Crippen molar-refractivity contribution in [1.29, 1.82) is 5.26 Å². The Morgan fingerprint density at radius 1 is 1.10 bits per heavy atom. The summed E-state index contributed by atoms with van der Waals surface area (Å²) in [6.07, 6.45) is -3.01. The average Bonchev–Trinajstić information content (AvgIpc) is 2.93. The van der Waals surface area contributed by atoms with E-state index in [2.05, 4.69) is 10.2 Å². The number of halogens is 3. The van der Waals surface area contributed by atoms with E-state index in [1.807, 2.05) is 6.07 Å². The van der Waals surface area contributed by atoms with E-state index < -0.39 is 11.7 Å². The van der Waals surface area contributed by atoms with Crippen LogP contribution in [0.5, 0.6) is 0 Å². The summed E-state index contributed by atoms with van der Waals surface area (Å²) in [6.45, 7) is 0. The first-order valence-electron chi connectivity index (χ1n) is 6.04. The van der Waals surface area contributed by atoms with Gasteiger partial charge in [0.05, 0.1) is 28.9 Å². The Labute approximate surface area is 117 Å². The van der Waals surface area contributed by atoms with E-state index in [1.165, 1.54) is 6.20 Å². The van der Waals surface area contributed by atoms with E-state index >= 15 is 0 Å². The van der Waals surface area contributed by atoms with Gasteiger partial charge in [0.1, 0.15) is 0 Å². The summed E-state index contributed by atoms with van der Waals surface area (Å²) in [4.78, 5) is 0. The number of benzene rings is 2. The lowest BCUT2D eigenvalue weighted by molar-refractivity contribution is -0.137. The van der Waals surface area contributed by atoms with Crippen LogP contribution in [0.2, 0.25) is 0 Å². The van der Waals surface area contributed by atoms with E-state index in [9.17, 15) is 13.2 Å². The van der Waals surface area contributed by atoms with Crippen LogP contribution in [0, 0.1) is 11.3 Å². The van der Waals surface area contributed by atoms with Crippen LogP contribution < -0.4 is 0 Å². The molecule has 0 fully saturated rings. The van der Waals surface area contributed by atoms with Crippen LogP contribution in [0.1, 0.15) is 11.1 Å². The smallest absolute Gasteiger partial charge is 0.278 e. The molecule has 0 aliphatic heterocycles. The third kappa shape index (κ3) is 2.23. The van der Waals surface area contributed by atoms with Gasteiger partial charge in [0.15, 0.2) is 0 Å². The number of alkyl halides is 3. The first-order chi connectivity index (χ1) is 10.0. The zero-order valence-corrected chi connectivity index (χ0v) is 10.6. The monoisotopic (exact) mass is 287 g/mol. The minimum Gasteiger partial charge on any atom is -0.278 e. The minimum atomic E-state index is -4.46. The quantitative estimate of drug-likeness (QED) is 0.732. The van der Waals surface area contributed by atoms with E-state index in [0.29, 0.717) is 22.1 Å². The number of nitrogens with zero attached hydrogens (tertiary/aromatic N) is 2. The van der Waals surface area contributed by atoms with Crippen molar-refractivity contribution in [1.82, 2.24) is 10.2 Å². The van der Waals surface area contributed by atoms with E-state index in [-0.39, 0.29) is 5.52 Å². The molecule has 0 saturated carbocycles. The van der Waals surface area contributed by atoms with Crippen LogP contribution in [0.15, 0.2) is 42.6 Å². The molecule has 0 unspecified atom stereocenters. The number of hydrogen-bond acceptors (Lipinski definition) is 2. The van der Waals surface area contributed by atoms with Crippen molar-refractivity contribution in [2.45, 2.75) is 6.18 Å². The zero-order valence-electron chi connectivity index (χ0n) is 10.6. The second-order valence-corrected chi connectivity index (χ2v) is 4.51. The van der Waals surface area contributed by atoms with Crippen LogP contribution in [-0.2, 0) is 6.18 Å². The van der Waals surface area contributed by atoms with Crippen molar-refractivity contribution >= 4 is 10.9 Å². The highest BCUT2D eigenvalue weighted by Crippen LogP contribution is 2.37. The number of rotatable bonds is 1. The molecule has 1 heterocycles. The first-order valence-corrected chi connectivity index (χ1v) is 6.04. The average molecular weight is 287 g/mol. The van der Waals surface area contributed by atoms with Gasteiger partial charge < -0.3 is 0 Å². The summed E-state index contributed by atoms with van der Waals surface area (Å²) in [5.74, 6) is 0. The molecule has 21 heavy (non-hydrogen) atoms. The van der Waals surface area contributed by atoms with Gasteiger partial charge in [-0.15, -0.1) is 0 Å². The lowest BCUT2D eigenvalue weighted by atomic mass is 9.95. The van der Waals surface area contributed by atoms with Crippen LogP contribution in [0.25, 0.3) is 22.0 Å². The van der Waals surface area contributed by atoms with Crippen molar-refractivity contribution < 1.29 is 13.2 Å². The highest BCUT2D eigenvalue weighted by atomic mass is 19.4. The number of fused-ring (bicyclic) bond motifs is 1. The van der Waals surface area contributed by atoms with Gasteiger partial charge in [-0.2, -0.15) is 23.5 Å². The Bertz CT molecular complexity index is 856. The molecule has 104 valence electrons. The molecule has 0 aliphatic rings. The fourth-order valence-electron chi connectivity index (χ4n) is 2.25. The maximum Gasteiger partial charge on any atom is 0.416 e. The van der Waals surface area contributed by atoms with Gasteiger partial charge in [-0.3, -0.25) is 5.10 Å². The number of hydrogen-bond donors (Lipinski definition) is 1. The number of nitriles is 1. The molecule has 0 radical (unpaired) electrons. The predicted octanol–water partition coefficient (Wildman–Crippen LogP) is 4.12.